The summed E-state index contributed by atoms with van der Waals surface area (Å²) in [5.74, 6) is 0.303. The number of anilines is 2. The van der Waals surface area contributed by atoms with Crippen molar-refractivity contribution < 1.29 is 8.42 Å². The molecule has 2 heterocycles. The Morgan fingerprint density at radius 1 is 1.16 bits per heavy atom. The average Bonchev–Trinajstić information content (AvgIpc) is 2.37. The van der Waals surface area contributed by atoms with E-state index in [1.807, 2.05) is 12.1 Å². The average molecular weight is 278 g/mol. The molecule has 100 valence electrons. The smallest absolute Gasteiger partial charge is 0.230 e. The first-order valence-corrected chi connectivity index (χ1v) is 7.49. The predicted octanol–water partition coefficient (Wildman–Crippen LogP) is 1.46. The van der Waals surface area contributed by atoms with Crippen LogP contribution in [0, 0.1) is 0 Å². The lowest BCUT2D eigenvalue weighted by Gasteiger charge is -2.07. The molecule has 0 aromatic carbocycles. The van der Waals surface area contributed by atoms with Crippen LogP contribution in [0.3, 0.4) is 0 Å². The molecule has 2 N–H and O–H groups in total. The Labute approximate surface area is 112 Å². The lowest BCUT2D eigenvalue weighted by atomic mass is 10.2. The zero-order valence-corrected chi connectivity index (χ0v) is 11.2. The number of pyridine rings is 2. The number of sulfonamides is 1. The summed E-state index contributed by atoms with van der Waals surface area (Å²) in [5.41, 5.74) is 1.92. The highest BCUT2D eigenvalue weighted by Crippen LogP contribution is 2.11. The van der Waals surface area contributed by atoms with Gasteiger partial charge in [-0.15, -0.1) is 0 Å². The highest BCUT2D eigenvalue weighted by molar-refractivity contribution is 7.92. The molecule has 0 bridgehead atoms. The quantitative estimate of drug-likeness (QED) is 0.865. The Hall–Kier alpha value is -2.15. The second-order valence-electron chi connectivity index (χ2n) is 4.02. The van der Waals surface area contributed by atoms with Crippen molar-refractivity contribution in [2.24, 2.45) is 0 Å². The van der Waals surface area contributed by atoms with Crippen molar-refractivity contribution >= 4 is 21.5 Å². The van der Waals surface area contributed by atoms with Crippen LogP contribution >= 0.6 is 0 Å². The van der Waals surface area contributed by atoms with Gasteiger partial charge in [0.15, 0.2) is 0 Å². The van der Waals surface area contributed by atoms with Gasteiger partial charge in [-0.05, 0) is 29.8 Å². The van der Waals surface area contributed by atoms with Crippen molar-refractivity contribution in [1.82, 2.24) is 9.97 Å². The Morgan fingerprint density at radius 3 is 2.47 bits per heavy atom. The molecule has 0 spiro atoms. The standard InChI is InChI=1S/C12H14N4O2S/c1-19(17,18)16-12-3-2-11(9-15-12)14-8-10-4-6-13-7-5-10/h2-7,9,14H,8H2,1H3,(H,15,16). The zero-order chi connectivity index (χ0) is 13.7. The molecule has 2 aromatic rings. The predicted molar refractivity (Wildman–Crippen MR) is 74.3 cm³/mol. The summed E-state index contributed by atoms with van der Waals surface area (Å²) >= 11 is 0. The molecule has 0 unspecified atom stereocenters. The lowest BCUT2D eigenvalue weighted by Crippen LogP contribution is -2.10. The minimum Gasteiger partial charge on any atom is -0.380 e. The number of rotatable bonds is 5. The van der Waals surface area contributed by atoms with E-state index in [1.54, 1.807) is 30.7 Å². The second kappa shape index (κ2) is 5.66. The topological polar surface area (TPSA) is 84.0 Å². The molecule has 0 fully saturated rings. The van der Waals surface area contributed by atoms with Crippen LogP contribution in [0.1, 0.15) is 5.56 Å². The number of nitrogens with one attached hydrogen (secondary N) is 2. The van der Waals surface area contributed by atoms with Crippen molar-refractivity contribution in [1.29, 1.82) is 0 Å². The van der Waals surface area contributed by atoms with Gasteiger partial charge in [0.05, 0.1) is 18.1 Å². The molecular weight excluding hydrogens is 264 g/mol. The number of nitrogens with zero attached hydrogens (tertiary/aromatic N) is 2. The lowest BCUT2D eigenvalue weighted by molar-refractivity contribution is 0.606. The summed E-state index contributed by atoms with van der Waals surface area (Å²) in [4.78, 5) is 7.95. The van der Waals surface area contributed by atoms with E-state index >= 15 is 0 Å². The fourth-order valence-corrected chi connectivity index (χ4v) is 1.95. The van der Waals surface area contributed by atoms with E-state index in [0.717, 1.165) is 17.5 Å². The van der Waals surface area contributed by atoms with Gasteiger partial charge in [-0.1, -0.05) is 0 Å². The minimum absolute atomic E-state index is 0.303. The zero-order valence-electron chi connectivity index (χ0n) is 10.4. The molecule has 0 amide bonds. The van der Waals surface area contributed by atoms with Gasteiger partial charge in [-0.25, -0.2) is 13.4 Å². The monoisotopic (exact) mass is 278 g/mol. The van der Waals surface area contributed by atoms with E-state index in [9.17, 15) is 8.42 Å². The largest absolute Gasteiger partial charge is 0.380 e. The molecule has 0 aliphatic rings. The number of hydrogen-bond donors (Lipinski definition) is 2. The summed E-state index contributed by atoms with van der Waals surface area (Å²) in [5, 5.41) is 3.18. The first kappa shape index (κ1) is 13.3. The van der Waals surface area contributed by atoms with Gasteiger partial charge in [0.25, 0.3) is 0 Å². The molecule has 0 radical (unpaired) electrons. The van der Waals surface area contributed by atoms with E-state index < -0.39 is 10.0 Å². The summed E-state index contributed by atoms with van der Waals surface area (Å²) < 4.78 is 24.4. The van der Waals surface area contributed by atoms with Crippen LogP contribution in [-0.4, -0.2) is 24.6 Å². The van der Waals surface area contributed by atoms with Gasteiger partial charge >= 0.3 is 0 Å². The molecule has 0 atom stereocenters. The molecular formula is C12H14N4O2S. The maximum Gasteiger partial charge on any atom is 0.230 e. The van der Waals surface area contributed by atoms with Crippen LogP contribution in [0.2, 0.25) is 0 Å². The highest BCUT2D eigenvalue weighted by Gasteiger charge is 2.02. The SMILES string of the molecule is CS(=O)(=O)Nc1ccc(NCc2ccncc2)cn1. The number of aromatic nitrogens is 2. The molecule has 2 rings (SSSR count). The number of hydrogen-bond acceptors (Lipinski definition) is 5. The molecule has 0 saturated heterocycles. The van der Waals surface area contributed by atoms with E-state index in [4.69, 9.17) is 0 Å². The normalized spacial score (nSPS) is 11.0. The van der Waals surface area contributed by atoms with Gasteiger partial charge in [0.2, 0.25) is 10.0 Å². The third-order valence-electron chi connectivity index (χ3n) is 2.30. The maximum absolute atomic E-state index is 11.0. The van der Waals surface area contributed by atoms with Crippen LogP contribution in [0.15, 0.2) is 42.9 Å². The first-order chi connectivity index (χ1) is 9.03. The van der Waals surface area contributed by atoms with Gasteiger partial charge in [-0.3, -0.25) is 9.71 Å². The van der Waals surface area contributed by atoms with Crippen LogP contribution < -0.4 is 10.0 Å². The molecule has 0 saturated carbocycles. The van der Waals surface area contributed by atoms with Crippen LogP contribution in [0.4, 0.5) is 11.5 Å². The van der Waals surface area contributed by atoms with Crippen LogP contribution in [0.25, 0.3) is 0 Å². The molecule has 6 nitrogen and oxygen atoms in total. The van der Waals surface area contributed by atoms with Crippen LogP contribution in [-0.2, 0) is 16.6 Å². The summed E-state index contributed by atoms with van der Waals surface area (Å²) in [6, 6.07) is 7.21. The maximum atomic E-state index is 11.0. The van der Waals surface area contributed by atoms with E-state index in [2.05, 4.69) is 20.0 Å². The van der Waals surface area contributed by atoms with Gasteiger partial charge < -0.3 is 5.32 Å². The Kier molecular flexibility index (Phi) is 3.96. The molecule has 0 aliphatic carbocycles. The fourth-order valence-electron chi connectivity index (χ4n) is 1.45. The summed E-state index contributed by atoms with van der Waals surface area (Å²) in [7, 11) is -3.29. The third-order valence-corrected chi connectivity index (χ3v) is 2.88. The Bertz CT molecular complexity index is 627. The summed E-state index contributed by atoms with van der Waals surface area (Å²) in [6.45, 7) is 0.656. The van der Waals surface area contributed by atoms with Crippen molar-refractivity contribution in [2.75, 3.05) is 16.3 Å². The summed E-state index contributed by atoms with van der Waals surface area (Å²) in [6.07, 6.45) is 6.13. The highest BCUT2D eigenvalue weighted by atomic mass is 32.2. The Morgan fingerprint density at radius 2 is 1.89 bits per heavy atom. The van der Waals surface area contributed by atoms with E-state index in [1.165, 1.54) is 0 Å². The molecule has 7 heteroatoms. The van der Waals surface area contributed by atoms with Gasteiger partial charge in [0, 0.05) is 18.9 Å². The minimum atomic E-state index is -3.29. The van der Waals surface area contributed by atoms with Crippen molar-refractivity contribution in [3.8, 4) is 0 Å². The molecule has 2 aromatic heterocycles. The van der Waals surface area contributed by atoms with Crippen molar-refractivity contribution in [3.05, 3.63) is 48.4 Å². The van der Waals surface area contributed by atoms with Crippen molar-refractivity contribution in [2.45, 2.75) is 6.54 Å². The molecule has 19 heavy (non-hydrogen) atoms. The fraction of sp³-hybridized carbons (Fsp3) is 0.167. The van der Waals surface area contributed by atoms with Crippen LogP contribution in [0.5, 0.6) is 0 Å². The van der Waals surface area contributed by atoms with Gasteiger partial charge in [0.1, 0.15) is 5.82 Å². The van der Waals surface area contributed by atoms with Gasteiger partial charge in [-0.2, -0.15) is 0 Å². The van der Waals surface area contributed by atoms with E-state index in [0.29, 0.717) is 12.4 Å². The Balaban J connectivity index is 1.96. The molecule has 0 aliphatic heterocycles. The van der Waals surface area contributed by atoms with E-state index in [-0.39, 0.29) is 0 Å². The first-order valence-electron chi connectivity index (χ1n) is 5.59. The third kappa shape index (κ3) is 4.55. The second-order valence-corrected chi connectivity index (χ2v) is 5.76. The van der Waals surface area contributed by atoms with Crippen molar-refractivity contribution in [3.63, 3.8) is 0 Å².